The summed E-state index contributed by atoms with van der Waals surface area (Å²) in [5, 5.41) is 9.08. The summed E-state index contributed by atoms with van der Waals surface area (Å²) in [6, 6.07) is 7.04. The van der Waals surface area contributed by atoms with Crippen LogP contribution < -0.4 is 10.1 Å². The van der Waals surface area contributed by atoms with Crippen LogP contribution in [0.4, 0.5) is 0 Å². The average molecular weight is 232 g/mol. The lowest BCUT2D eigenvalue weighted by molar-refractivity contribution is 0.0947. The first kappa shape index (κ1) is 11.1. The smallest absolute Gasteiger partial charge is 0.255 e. The lowest BCUT2D eigenvalue weighted by atomic mass is 10.2. The number of carbonyl (C=O) groups is 1. The number of methoxy groups -OCH3 is 1. The van der Waals surface area contributed by atoms with E-state index in [9.17, 15) is 4.79 Å². The summed E-state index contributed by atoms with van der Waals surface area (Å²) in [6.07, 6.45) is 1.39. The van der Waals surface area contributed by atoms with E-state index < -0.39 is 0 Å². The molecule has 0 radical (unpaired) electrons. The Morgan fingerprint density at radius 3 is 3.00 bits per heavy atom. The SMILES string of the molecule is COc1ccccc1C(=O)NCc1ncn[nH]1. The number of H-pyrrole nitrogens is 1. The fourth-order valence-corrected chi connectivity index (χ4v) is 1.41. The Labute approximate surface area is 98.0 Å². The lowest BCUT2D eigenvalue weighted by Crippen LogP contribution is -2.23. The number of hydrogen-bond acceptors (Lipinski definition) is 4. The molecular formula is C11H12N4O2. The van der Waals surface area contributed by atoms with Crippen LogP contribution >= 0.6 is 0 Å². The number of nitrogens with one attached hydrogen (secondary N) is 2. The number of amides is 1. The predicted molar refractivity (Wildman–Crippen MR) is 60.5 cm³/mol. The van der Waals surface area contributed by atoms with Crippen molar-refractivity contribution in [3.63, 3.8) is 0 Å². The van der Waals surface area contributed by atoms with Crippen molar-refractivity contribution in [1.29, 1.82) is 0 Å². The zero-order valence-electron chi connectivity index (χ0n) is 9.30. The molecule has 6 nitrogen and oxygen atoms in total. The van der Waals surface area contributed by atoms with Gasteiger partial charge in [-0.25, -0.2) is 4.98 Å². The summed E-state index contributed by atoms with van der Waals surface area (Å²) in [5.41, 5.74) is 0.495. The number of aromatic nitrogens is 3. The standard InChI is InChI=1S/C11H12N4O2/c1-17-9-5-3-2-4-8(9)11(16)12-6-10-13-7-14-15-10/h2-5,7H,6H2,1H3,(H,12,16)(H,13,14,15). The minimum atomic E-state index is -0.209. The van der Waals surface area contributed by atoms with Gasteiger partial charge in [-0.2, -0.15) is 5.10 Å². The van der Waals surface area contributed by atoms with Crippen LogP contribution in [0.25, 0.3) is 0 Å². The van der Waals surface area contributed by atoms with Gasteiger partial charge in [0.2, 0.25) is 0 Å². The van der Waals surface area contributed by atoms with E-state index in [0.29, 0.717) is 23.7 Å². The molecule has 1 aromatic heterocycles. The van der Waals surface area contributed by atoms with Crippen LogP contribution in [-0.4, -0.2) is 28.2 Å². The summed E-state index contributed by atoms with van der Waals surface area (Å²) >= 11 is 0. The van der Waals surface area contributed by atoms with Gasteiger partial charge in [-0.05, 0) is 12.1 Å². The van der Waals surface area contributed by atoms with Gasteiger partial charge in [-0.3, -0.25) is 9.89 Å². The number of benzene rings is 1. The van der Waals surface area contributed by atoms with Crippen LogP contribution in [0.5, 0.6) is 5.75 Å². The monoisotopic (exact) mass is 232 g/mol. The van der Waals surface area contributed by atoms with Crippen molar-refractivity contribution >= 4 is 5.91 Å². The Hall–Kier alpha value is -2.37. The molecule has 0 aliphatic heterocycles. The number of ether oxygens (including phenoxy) is 1. The van der Waals surface area contributed by atoms with Gasteiger partial charge in [0.25, 0.3) is 5.91 Å². The second kappa shape index (κ2) is 5.11. The number of rotatable bonds is 4. The minimum absolute atomic E-state index is 0.209. The summed E-state index contributed by atoms with van der Waals surface area (Å²) < 4.78 is 5.11. The van der Waals surface area contributed by atoms with E-state index in [1.165, 1.54) is 13.4 Å². The average Bonchev–Trinajstić information content (AvgIpc) is 2.89. The van der Waals surface area contributed by atoms with Crippen molar-refractivity contribution in [2.75, 3.05) is 7.11 Å². The fraction of sp³-hybridized carbons (Fsp3) is 0.182. The van der Waals surface area contributed by atoms with Crippen LogP contribution in [0.1, 0.15) is 16.2 Å². The maximum atomic E-state index is 11.9. The van der Waals surface area contributed by atoms with Gasteiger partial charge >= 0.3 is 0 Å². The number of aromatic amines is 1. The second-order valence-electron chi connectivity index (χ2n) is 3.32. The number of carbonyl (C=O) groups excluding carboxylic acids is 1. The van der Waals surface area contributed by atoms with Gasteiger partial charge in [0, 0.05) is 0 Å². The first-order chi connectivity index (χ1) is 8.31. The topological polar surface area (TPSA) is 79.9 Å². The molecule has 1 aromatic carbocycles. The molecule has 0 saturated heterocycles. The van der Waals surface area contributed by atoms with Crippen molar-refractivity contribution < 1.29 is 9.53 Å². The van der Waals surface area contributed by atoms with Gasteiger partial charge in [-0.1, -0.05) is 12.1 Å². The first-order valence-corrected chi connectivity index (χ1v) is 5.06. The highest BCUT2D eigenvalue weighted by atomic mass is 16.5. The lowest BCUT2D eigenvalue weighted by Gasteiger charge is -2.07. The normalized spacial score (nSPS) is 9.94. The number of para-hydroxylation sites is 1. The van der Waals surface area contributed by atoms with Gasteiger partial charge in [0.05, 0.1) is 19.2 Å². The molecule has 6 heteroatoms. The van der Waals surface area contributed by atoms with E-state index >= 15 is 0 Å². The maximum absolute atomic E-state index is 11.9. The Morgan fingerprint density at radius 1 is 1.47 bits per heavy atom. The molecule has 0 aliphatic rings. The predicted octanol–water partition coefficient (Wildman–Crippen LogP) is 0.743. The van der Waals surface area contributed by atoms with Crippen molar-refractivity contribution in [2.24, 2.45) is 0 Å². The molecular weight excluding hydrogens is 220 g/mol. The molecule has 2 N–H and O–H groups in total. The van der Waals surface area contributed by atoms with Gasteiger partial charge < -0.3 is 10.1 Å². The van der Waals surface area contributed by atoms with E-state index in [0.717, 1.165) is 0 Å². The molecule has 0 aliphatic carbocycles. The van der Waals surface area contributed by atoms with Crippen LogP contribution in [-0.2, 0) is 6.54 Å². The van der Waals surface area contributed by atoms with Crippen molar-refractivity contribution in [2.45, 2.75) is 6.54 Å². The third-order valence-electron chi connectivity index (χ3n) is 2.23. The second-order valence-corrected chi connectivity index (χ2v) is 3.32. The van der Waals surface area contributed by atoms with Crippen LogP contribution in [0, 0.1) is 0 Å². The molecule has 0 fully saturated rings. The van der Waals surface area contributed by atoms with E-state index in [1.54, 1.807) is 18.2 Å². The molecule has 2 rings (SSSR count). The molecule has 0 saturated carbocycles. The molecule has 0 atom stereocenters. The highest BCUT2D eigenvalue weighted by molar-refractivity contribution is 5.96. The van der Waals surface area contributed by atoms with E-state index in [4.69, 9.17) is 4.74 Å². The summed E-state index contributed by atoms with van der Waals surface area (Å²) in [5.74, 6) is 0.940. The third kappa shape index (κ3) is 2.60. The van der Waals surface area contributed by atoms with Crippen molar-refractivity contribution in [3.8, 4) is 5.75 Å². The van der Waals surface area contributed by atoms with E-state index in [2.05, 4.69) is 20.5 Å². The molecule has 0 unspecified atom stereocenters. The Morgan fingerprint density at radius 2 is 2.29 bits per heavy atom. The highest BCUT2D eigenvalue weighted by Crippen LogP contribution is 2.16. The molecule has 1 amide bonds. The molecule has 0 spiro atoms. The zero-order valence-corrected chi connectivity index (χ0v) is 9.30. The summed E-state index contributed by atoms with van der Waals surface area (Å²) in [4.78, 5) is 15.8. The van der Waals surface area contributed by atoms with E-state index in [1.807, 2.05) is 6.07 Å². The zero-order chi connectivity index (χ0) is 12.1. The van der Waals surface area contributed by atoms with Crippen molar-refractivity contribution in [3.05, 3.63) is 42.0 Å². The molecule has 1 heterocycles. The van der Waals surface area contributed by atoms with Crippen LogP contribution in [0.15, 0.2) is 30.6 Å². The Balaban J connectivity index is 2.04. The van der Waals surface area contributed by atoms with Crippen LogP contribution in [0.2, 0.25) is 0 Å². The van der Waals surface area contributed by atoms with Gasteiger partial charge in [0.15, 0.2) is 0 Å². The van der Waals surface area contributed by atoms with Crippen LogP contribution in [0.3, 0.4) is 0 Å². The third-order valence-corrected chi connectivity index (χ3v) is 2.23. The quantitative estimate of drug-likeness (QED) is 0.815. The number of hydrogen-bond donors (Lipinski definition) is 2. The largest absolute Gasteiger partial charge is 0.496 e. The maximum Gasteiger partial charge on any atom is 0.255 e. The molecule has 2 aromatic rings. The fourth-order valence-electron chi connectivity index (χ4n) is 1.41. The minimum Gasteiger partial charge on any atom is -0.496 e. The first-order valence-electron chi connectivity index (χ1n) is 5.06. The highest BCUT2D eigenvalue weighted by Gasteiger charge is 2.11. The van der Waals surface area contributed by atoms with Gasteiger partial charge in [-0.15, -0.1) is 0 Å². The van der Waals surface area contributed by atoms with Crippen molar-refractivity contribution in [1.82, 2.24) is 20.5 Å². The Bertz CT molecular complexity index is 496. The Kier molecular flexibility index (Phi) is 3.34. The molecule has 0 bridgehead atoms. The number of nitrogens with zero attached hydrogens (tertiary/aromatic N) is 2. The van der Waals surface area contributed by atoms with Gasteiger partial charge in [0.1, 0.15) is 17.9 Å². The molecule has 88 valence electrons. The molecule has 17 heavy (non-hydrogen) atoms. The summed E-state index contributed by atoms with van der Waals surface area (Å²) in [7, 11) is 1.53. The summed E-state index contributed by atoms with van der Waals surface area (Å²) in [6.45, 7) is 0.302. The van der Waals surface area contributed by atoms with E-state index in [-0.39, 0.29) is 5.91 Å².